The van der Waals surface area contributed by atoms with Gasteiger partial charge in [0.1, 0.15) is 6.17 Å². The first-order valence-corrected chi connectivity index (χ1v) is 3.13. The second kappa shape index (κ2) is 15.8. The molecule has 0 amide bonds. The van der Waals surface area contributed by atoms with E-state index in [0.717, 1.165) is 0 Å². The number of alkyl halides is 8. The Morgan fingerprint density at radius 1 is 0.944 bits per heavy atom. The number of rotatable bonds is 0. The zero-order valence-corrected chi connectivity index (χ0v) is 8.27. The molecule has 0 aliphatic carbocycles. The van der Waals surface area contributed by atoms with Crippen LogP contribution in [0.1, 0.15) is 0 Å². The average Bonchev–Trinajstić information content (AvgIpc) is 2.20. The molecule has 0 aromatic carbocycles. The lowest BCUT2D eigenvalue weighted by molar-refractivity contribution is -0.317. The lowest BCUT2D eigenvalue weighted by atomic mass is 10.7. The molecule has 0 heterocycles. The first-order valence-electron chi connectivity index (χ1n) is 3.13. The Balaban J connectivity index is -0.0000000811. The minimum absolute atomic E-state index is 0.233. The van der Waals surface area contributed by atoms with Gasteiger partial charge in [-0.2, -0.15) is 26.3 Å². The van der Waals surface area contributed by atoms with Gasteiger partial charge in [-0.1, -0.05) is 0 Å². The van der Waals surface area contributed by atoms with Gasteiger partial charge in [0.25, 0.3) is 0 Å². The predicted octanol–water partition coefficient (Wildman–Crippen LogP) is 4.36. The van der Waals surface area contributed by atoms with Crippen LogP contribution in [0.25, 0.3) is 0 Å². The zero-order valence-electron chi connectivity index (χ0n) is 8.27. The molecule has 12 heteroatoms. The van der Waals surface area contributed by atoms with E-state index in [4.69, 9.17) is 9.05 Å². The molecule has 0 N–H and O–H groups in total. The minimum atomic E-state index is -4.69. The molecule has 0 radical (unpaired) electrons. The Hall–Kier alpha value is -1.25. The summed E-state index contributed by atoms with van der Waals surface area (Å²) in [6.45, 7) is -2.23. The van der Waals surface area contributed by atoms with Gasteiger partial charge in [-0.3, -0.25) is 4.39 Å². The van der Waals surface area contributed by atoms with E-state index in [1.807, 2.05) is 0 Å². The van der Waals surface area contributed by atoms with Crippen LogP contribution in [0.5, 0.6) is 0 Å². The highest BCUT2D eigenvalue weighted by Crippen LogP contribution is 2.13. The van der Waals surface area contributed by atoms with Crippen LogP contribution in [0.2, 0.25) is 0 Å². The molecule has 0 saturated carbocycles. The van der Waals surface area contributed by atoms with E-state index in [9.17, 15) is 39.5 Å². The second-order valence-corrected chi connectivity index (χ2v) is 1.52. The molecular weight excluding hydrogens is 297 g/mol. The first-order chi connectivity index (χ1) is 8.04. The molecule has 0 fully saturated rings. The summed E-state index contributed by atoms with van der Waals surface area (Å²) >= 11 is 0. The Morgan fingerprint density at radius 3 is 1.17 bits per heavy atom. The molecule has 0 aromatic heterocycles. The van der Waals surface area contributed by atoms with Crippen molar-refractivity contribution in [1.82, 2.24) is 0 Å². The highest BCUT2D eigenvalue weighted by molar-refractivity contribution is 4.98. The average molecular weight is 302 g/mol. The Kier molecular flexibility index (Phi) is 22.4. The van der Waals surface area contributed by atoms with E-state index in [-0.39, 0.29) is 6.17 Å². The summed E-state index contributed by atoms with van der Waals surface area (Å²) in [6.07, 6.45) is -9.08. The van der Waals surface area contributed by atoms with Crippen molar-refractivity contribution in [1.29, 1.82) is 0 Å². The first kappa shape index (κ1) is 25.6. The molecule has 18 heavy (non-hydrogen) atoms. The monoisotopic (exact) mass is 302 g/mol. The zero-order chi connectivity index (χ0) is 15.8. The van der Waals surface area contributed by atoms with Crippen LogP contribution >= 0.6 is 0 Å². The summed E-state index contributed by atoms with van der Waals surface area (Å²) in [5.41, 5.74) is 0. The van der Waals surface area contributed by atoms with Crippen molar-refractivity contribution in [3.05, 3.63) is 0 Å². The fourth-order valence-corrected chi connectivity index (χ4v) is 0.0536. The van der Waals surface area contributed by atoms with Gasteiger partial charge in [0, 0.05) is 11.1 Å². The highest BCUT2D eigenvalue weighted by Gasteiger charge is 2.26. The number of hydrogen-bond donors (Lipinski definition) is 0. The summed E-state index contributed by atoms with van der Waals surface area (Å²) in [4.78, 5) is 0. The fraction of sp³-hybridized carbons (Fsp3) is 0.667. The summed E-state index contributed by atoms with van der Waals surface area (Å²) in [5.74, 6) is 0.368. The molecule has 0 atom stereocenters. The van der Waals surface area contributed by atoms with Crippen molar-refractivity contribution in [2.75, 3.05) is 13.9 Å². The van der Waals surface area contributed by atoms with Gasteiger partial charge in [-0.05, 0) is 9.05 Å². The summed E-state index contributed by atoms with van der Waals surface area (Å²) in [5, 5.41) is 1.25. The van der Waals surface area contributed by atoms with Gasteiger partial charge in [-0.15, -0.1) is 4.39 Å². The van der Waals surface area contributed by atoms with Crippen LogP contribution in [0, 0.1) is 12.1 Å². The Labute approximate surface area is 93.3 Å². The van der Waals surface area contributed by atoms with Crippen LogP contribution < -0.4 is 0 Å². The normalized spacial score (nSPS) is 9.11. The van der Waals surface area contributed by atoms with Crippen molar-refractivity contribution in [3.8, 4) is 12.1 Å². The van der Waals surface area contributed by atoms with E-state index in [1.165, 1.54) is 5.15 Å². The van der Waals surface area contributed by atoms with E-state index in [1.54, 1.807) is 0 Å². The molecule has 112 valence electrons. The fourth-order valence-electron chi connectivity index (χ4n) is 0.0536. The predicted molar refractivity (Wildman–Crippen MR) is 37.3 cm³/mol. The molecule has 0 aliphatic heterocycles. The lowest BCUT2D eigenvalue weighted by Gasteiger charge is -1.93. The van der Waals surface area contributed by atoms with Crippen molar-refractivity contribution < 1.29 is 53.7 Å². The Morgan fingerprint density at radius 2 is 1.17 bits per heavy atom. The van der Waals surface area contributed by atoms with Gasteiger partial charge in [0.05, 0.1) is 7.18 Å². The molecule has 1 nitrogen and oxygen atoms in total. The molecule has 0 aromatic rings. The van der Waals surface area contributed by atoms with E-state index < -0.39 is 19.0 Å². The molecular formula is C6H5F11O. The second-order valence-electron chi connectivity index (χ2n) is 1.52. The van der Waals surface area contributed by atoms with Crippen molar-refractivity contribution in [3.63, 3.8) is 0 Å². The van der Waals surface area contributed by atoms with Crippen molar-refractivity contribution in [2.24, 2.45) is 0 Å². The standard InChI is InChI=1S/C3F4.C2H2F4.CH3F.F2O/c4-2-1-3(5,6)7;3-1-2(4,5)6;1-2;1-3-2/h;1H2;1H3;. The highest BCUT2D eigenvalue weighted by atomic mass is 19.6. The van der Waals surface area contributed by atoms with Gasteiger partial charge < -0.3 is 0 Å². The summed E-state index contributed by atoms with van der Waals surface area (Å²) in [6, 6.07) is 0. The van der Waals surface area contributed by atoms with E-state index in [0.29, 0.717) is 13.1 Å². The van der Waals surface area contributed by atoms with Gasteiger partial charge >= 0.3 is 12.4 Å². The third-order valence-corrected chi connectivity index (χ3v) is 0.341. The van der Waals surface area contributed by atoms with Crippen LogP contribution in [-0.4, -0.2) is 26.2 Å². The summed E-state index contributed by atoms with van der Waals surface area (Å²) < 4.78 is 112. The smallest absolute Gasteiger partial charge is 0.255 e. The van der Waals surface area contributed by atoms with Crippen LogP contribution in [0.3, 0.4) is 0 Å². The van der Waals surface area contributed by atoms with E-state index >= 15 is 0 Å². The maximum atomic E-state index is 10.6. The summed E-state index contributed by atoms with van der Waals surface area (Å²) in [7, 11) is 0.500. The molecule has 0 rings (SSSR count). The number of halogens is 11. The van der Waals surface area contributed by atoms with Crippen molar-refractivity contribution >= 4 is 0 Å². The van der Waals surface area contributed by atoms with Gasteiger partial charge in [-0.25, -0.2) is 4.39 Å². The molecule has 0 spiro atoms. The molecule has 0 aliphatic rings. The lowest BCUT2D eigenvalue weighted by Crippen LogP contribution is -2.08. The van der Waals surface area contributed by atoms with Gasteiger partial charge in [0.15, 0.2) is 6.67 Å². The third kappa shape index (κ3) is 84.3. The maximum absolute atomic E-state index is 10.6. The van der Waals surface area contributed by atoms with Crippen LogP contribution in [0.15, 0.2) is 0 Å². The van der Waals surface area contributed by atoms with E-state index in [2.05, 4.69) is 0 Å². The quantitative estimate of drug-likeness (QED) is 0.477. The molecule has 0 unspecified atom stereocenters. The molecule has 0 bridgehead atoms. The maximum Gasteiger partial charge on any atom is 0.460 e. The Bertz CT molecular complexity index is 196. The van der Waals surface area contributed by atoms with Crippen LogP contribution in [0.4, 0.5) is 48.6 Å². The van der Waals surface area contributed by atoms with Crippen molar-refractivity contribution in [2.45, 2.75) is 12.4 Å². The SMILES string of the molecule is CF.FC#CC(F)(F)F.FCC(F)(F)F.FOF. The topological polar surface area (TPSA) is 9.23 Å². The molecule has 0 saturated heterocycles. The van der Waals surface area contributed by atoms with Gasteiger partial charge in [0.2, 0.25) is 0 Å². The largest absolute Gasteiger partial charge is 0.460 e. The number of hydrogen-bond acceptors (Lipinski definition) is 1. The van der Waals surface area contributed by atoms with Crippen LogP contribution in [-0.2, 0) is 5.15 Å². The third-order valence-electron chi connectivity index (χ3n) is 0.341. The minimum Gasteiger partial charge on any atom is -0.255 e.